The van der Waals surface area contributed by atoms with Gasteiger partial charge in [0.05, 0.1) is 27.9 Å². The first kappa shape index (κ1) is 28.0. The fourth-order valence-corrected chi connectivity index (χ4v) is 4.78. The summed E-state index contributed by atoms with van der Waals surface area (Å²) in [6, 6.07) is 15.9. The molecular weight excluding hydrogens is 520 g/mol. The summed E-state index contributed by atoms with van der Waals surface area (Å²) in [7, 11) is 3.93. The van der Waals surface area contributed by atoms with Gasteiger partial charge in [0.1, 0.15) is 11.6 Å². The van der Waals surface area contributed by atoms with Crippen LogP contribution in [0.2, 0.25) is 0 Å². The number of aromatic nitrogens is 4. The topological polar surface area (TPSA) is 128 Å². The number of piperidine rings is 2. The molecule has 39 heavy (non-hydrogen) atoms. The number of nitrogens with zero attached hydrogens (tertiary/aromatic N) is 4. The number of alkyl halides is 1. The molecule has 2 aliphatic heterocycles. The Hall–Kier alpha value is -4.05. The molecule has 204 valence electrons. The van der Waals surface area contributed by atoms with Crippen LogP contribution in [0.4, 0.5) is 0 Å². The number of benzene rings is 2. The summed E-state index contributed by atoms with van der Waals surface area (Å²) >= 11 is 5.72. The van der Waals surface area contributed by atoms with E-state index < -0.39 is 0 Å². The van der Waals surface area contributed by atoms with Gasteiger partial charge in [-0.05, 0) is 37.1 Å². The summed E-state index contributed by atoms with van der Waals surface area (Å²) in [5.41, 5.74) is 4.14. The van der Waals surface area contributed by atoms with Gasteiger partial charge in [-0.1, -0.05) is 24.3 Å². The van der Waals surface area contributed by atoms with Crippen molar-refractivity contribution in [3.8, 4) is 0 Å². The predicted molar refractivity (Wildman–Crippen MR) is 148 cm³/mol. The molecule has 2 N–H and O–H groups in total. The Labute approximate surface area is 230 Å². The highest BCUT2D eigenvalue weighted by Gasteiger charge is 2.28. The summed E-state index contributed by atoms with van der Waals surface area (Å²) in [5.74, 6) is 1.48. The smallest absolute Gasteiger partial charge is 0.230 e. The molecule has 2 saturated heterocycles. The monoisotopic (exact) mass is 550 g/mol. The first-order valence-electron chi connectivity index (χ1n) is 12.8. The van der Waals surface area contributed by atoms with Crippen molar-refractivity contribution in [2.24, 2.45) is 20.0 Å². The first-order chi connectivity index (χ1) is 18.8. The first-order valence-corrected chi connectivity index (χ1v) is 13.3. The van der Waals surface area contributed by atoms with Gasteiger partial charge in [-0.25, -0.2) is 9.97 Å². The highest BCUT2D eigenvalue weighted by Crippen LogP contribution is 2.21. The normalized spacial score (nSPS) is 17.2. The Morgan fingerprint density at radius 1 is 0.769 bits per heavy atom. The van der Waals surface area contributed by atoms with Crippen LogP contribution < -0.4 is 10.6 Å². The van der Waals surface area contributed by atoms with Crippen LogP contribution in [0.25, 0.3) is 22.1 Å². The van der Waals surface area contributed by atoms with Crippen molar-refractivity contribution in [2.75, 3.05) is 0 Å². The van der Waals surface area contributed by atoms with Gasteiger partial charge in [0.2, 0.25) is 23.6 Å². The van der Waals surface area contributed by atoms with Crippen molar-refractivity contribution in [3.05, 3.63) is 60.2 Å². The van der Waals surface area contributed by atoms with E-state index in [-0.39, 0.29) is 29.5 Å². The summed E-state index contributed by atoms with van der Waals surface area (Å²) < 4.78 is 4.03. The van der Waals surface area contributed by atoms with E-state index >= 15 is 0 Å². The molecule has 10 nitrogen and oxygen atoms in total. The van der Waals surface area contributed by atoms with E-state index in [1.165, 1.54) is 0 Å². The predicted octanol–water partition coefficient (Wildman–Crippen LogP) is 3.29. The molecule has 1 unspecified atom stereocenters. The van der Waals surface area contributed by atoms with Gasteiger partial charge in [-0.15, -0.1) is 11.6 Å². The molecule has 1 atom stereocenters. The molecule has 4 amide bonds. The molecule has 0 saturated carbocycles. The van der Waals surface area contributed by atoms with Crippen molar-refractivity contribution in [2.45, 2.75) is 44.4 Å². The highest BCUT2D eigenvalue weighted by molar-refractivity contribution is 6.16. The standard InChI is InChI=1S/C14H15N3O2.C9H9ClN2.C5H7NO2/c1-17-11-5-3-2-4-10(11)15-12(17)8-9-6-7-13(18)16-14(9)19;1-12-8-5-3-2-4-7(8)11-9(12)6-10;7-4-2-1-3-5(8)6-4/h2-5,9H,6-8H2,1H3,(H,16,18,19);2-5H,6H2,1H3;1-3H2,(H,6,7,8). The van der Waals surface area contributed by atoms with Gasteiger partial charge in [0, 0.05) is 45.7 Å². The second kappa shape index (κ2) is 12.7. The maximum Gasteiger partial charge on any atom is 0.230 e. The van der Waals surface area contributed by atoms with Gasteiger partial charge >= 0.3 is 0 Å². The minimum Gasteiger partial charge on any atom is -0.331 e. The summed E-state index contributed by atoms with van der Waals surface area (Å²) in [6.45, 7) is 0. The number of carbonyl (C=O) groups is 4. The molecule has 2 aromatic carbocycles. The average Bonchev–Trinajstić information content (AvgIpc) is 3.42. The molecule has 4 aromatic rings. The maximum absolute atomic E-state index is 11.8. The van der Waals surface area contributed by atoms with E-state index in [0.717, 1.165) is 33.7 Å². The fourth-order valence-electron chi connectivity index (χ4n) is 4.54. The molecule has 2 aromatic heterocycles. The Morgan fingerprint density at radius 3 is 1.77 bits per heavy atom. The van der Waals surface area contributed by atoms with Crippen LogP contribution in [-0.4, -0.2) is 42.7 Å². The maximum atomic E-state index is 11.8. The van der Waals surface area contributed by atoms with Gasteiger partial charge in [0.25, 0.3) is 0 Å². The van der Waals surface area contributed by atoms with E-state index in [1.54, 1.807) is 0 Å². The third kappa shape index (κ3) is 6.88. The van der Waals surface area contributed by atoms with Crippen molar-refractivity contribution >= 4 is 57.3 Å². The quantitative estimate of drug-likeness (QED) is 0.297. The second-order valence-electron chi connectivity index (χ2n) is 9.46. The fraction of sp³-hybridized carbons (Fsp3) is 0.357. The molecule has 6 rings (SSSR count). The minimum atomic E-state index is -0.177. The zero-order valence-corrected chi connectivity index (χ0v) is 22.7. The number of rotatable bonds is 3. The third-order valence-electron chi connectivity index (χ3n) is 6.75. The number of nitrogens with one attached hydrogen (secondary N) is 2. The zero-order valence-electron chi connectivity index (χ0n) is 21.9. The van der Waals surface area contributed by atoms with E-state index in [0.29, 0.717) is 44.4 Å². The SMILES string of the molecule is Cn1c(CC2CCC(=O)NC2=O)nc2ccccc21.Cn1c(CCl)nc2ccccc21.O=C1CCCC(=O)N1. The van der Waals surface area contributed by atoms with Crippen LogP contribution in [0.15, 0.2) is 48.5 Å². The number of imidazole rings is 2. The van der Waals surface area contributed by atoms with Crippen LogP contribution >= 0.6 is 11.6 Å². The van der Waals surface area contributed by atoms with Crippen molar-refractivity contribution in [1.82, 2.24) is 29.7 Å². The molecule has 0 aliphatic carbocycles. The van der Waals surface area contributed by atoms with E-state index in [2.05, 4.69) is 20.6 Å². The highest BCUT2D eigenvalue weighted by atomic mass is 35.5. The lowest BCUT2D eigenvalue weighted by molar-refractivity contribution is -0.137. The number of aryl methyl sites for hydroxylation is 2. The lowest BCUT2D eigenvalue weighted by Crippen LogP contribution is -2.41. The number of fused-ring (bicyclic) bond motifs is 2. The van der Waals surface area contributed by atoms with Crippen LogP contribution in [0, 0.1) is 5.92 Å². The second-order valence-corrected chi connectivity index (χ2v) is 9.73. The largest absolute Gasteiger partial charge is 0.331 e. The van der Waals surface area contributed by atoms with E-state index in [1.807, 2.05) is 71.8 Å². The third-order valence-corrected chi connectivity index (χ3v) is 6.99. The lowest BCUT2D eigenvalue weighted by atomic mass is 9.94. The Bertz CT molecular complexity index is 1510. The van der Waals surface area contributed by atoms with Crippen molar-refractivity contribution in [1.29, 1.82) is 0 Å². The number of carbonyl (C=O) groups excluding carboxylic acids is 4. The van der Waals surface area contributed by atoms with Crippen LogP contribution in [0.3, 0.4) is 0 Å². The molecule has 0 radical (unpaired) electrons. The van der Waals surface area contributed by atoms with Crippen LogP contribution in [0.1, 0.15) is 43.8 Å². The van der Waals surface area contributed by atoms with Gasteiger partial charge in [-0.3, -0.25) is 29.8 Å². The molecule has 11 heteroatoms. The Kier molecular flexibility index (Phi) is 9.08. The molecule has 2 fully saturated rings. The number of hydrogen-bond donors (Lipinski definition) is 2. The summed E-state index contributed by atoms with van der Waals surface area (Å²) in [5, 5.41) is 4.59. The molecule has 2 aliphatic rings. The molecule has 0 bridgehead atoms. The lowest BCUT2D eigenvalue weighted by Gasteiger charge is -2.20. The van der Waals surface area contributed by atoms with Gasteiger partial charge < -0.3 is 9.13 Å². The summed E-state index contributed by atoms with van der Waals surface area (Å²) in [4.78, 5) is 52.5. The Morgan fingerprint density at radius 2 is 1.28 bits per heavy atom. The van der Waals surface area contributed by atoms with E-state index in [9.17, 15) is 19.2 Å². The number of halogens is 1. The van der Waals surface area contributed by atoms with Crippen LogP contribution in [-0.2, 0) is 45.6 Å². The van der Waals surface area contributed by atoms with Crippen molar-refractivity contribution in [3.63, 3.8) is 0 Å². The number of hydrogen-bond acceptors (Lipinski definition) is 6. The molecule has 4 heterocycles. The zero-order chi connectivity index (χ0) is 27.9. The average molecular weight is 551 g/mol. The number of amides is 4. The van der Waals surface area contributed by atoms with Crippen molar-refractivity contribution < 1.29 is 19.2 Å². The molecular formula is C28H31ClN6O4. The van der Waals surface area contributed by atoms with E-state index in [4.69, 9.17) is 11.6 Å². The summed E-state index contributed by atoms with van der Waals surface area (Å²) in [6.07, 6.45) is 3.32. The number of imide groups is 2. The van der Waals surface area contributed by atoms with Gasteiger partial charge in [0.15, 0.2) is 0 Å². The van der Waals surface area contributed by atoms with Gasteiger partial charge in [-0.2, -0.15) is 0 Å². The minimum absolute atomic E-state index is 0.138. The number of para-hydroxylation sites is 4. The molecule has 0 spiro atoms. The Balaban J connectivity index is 0.000000150. The van der Waals surface area contributed by atoms with Crippen LogP contribution in [0.5, 0.6) is 0 Å².